The number of hydrogen-bond acceptors (Lipinski definition) is 4. The van der Waals surface area contributed by atoms with Gasteiger partial charge in [0.1, 0.15) is 5.75 Å². The number of methoxy groups -OCH3 is 1. The van der Waals surface area contributed by atoms with Crippen molar-refractivity contribution in [2.45, 2.75) is 19.5 Å². The van der Waals surface area contributed by atoms with Crippen molar-refractivity contribution in [2.75, 3.05) is 20.7 Å². The van der Waals surface area contributed by atoms with Crippen molar-refractivity contribution in [3.05, 3.63) is 63.6 Å². The van der Waals surface area contributed by atoms with Crippen LogP contribution in [0.3, 0.4) is 0 Å². The summed E-state index contributed by atoms with van der Waals surface area (Å²) in [5, 5.41) is 0.695. The molecular weight excluding hydrogens is 340 g/mol. The minimum absolute atomic E-state index is 0.305. The molecule has 0 radical (unpaired) electrons. The first-order valence-corrected chi connectivity index (χ1v) is 8.55. The number of rotatable bonds is 7. The zero-order valence-corrected chi connectivity index (χ0v) is 15.1. The fourth-order valence-corrected chi connectivity index (χ4v) is 3.16. The van der Waals surface area contributed by atoms with E-state index in [0.717, 1.165) is 36.3 Å². The molecular formula is C19H21ClN2O3. The number of aryl methyl sites for hydroxylation is 1. The SMILES string of the molecule is COc1ccc(Cl)cc1CN(C)CCCn1c(=O)oc2ccccc21. The standard InChI is InChI=1S/C19H21ClN2O3/c1-21(13-14-12-15(20)8-9-17(14)24-2)10-5-11-22-16-6-3-4-7-18(16)25-19(22)23/h3-4,6-9,12H,5,10-11,13H2,1-2H3. The van der Waals surface area contributed by atoms with Gasteiger partial charge in [-0.15, -0.1) is 0 Å². The average molecular weight is 361 g/mol. The maximum atomic E-state index is 12.0. The van der Waals surface area contributed by atoms with E-state index in [1.54, 1.807) is 11.7 Å². The summed E-state index contributed by atoms with van der Waals surface area (Å²) >= 11 is 6.08. The van der Waals surface area contributed by atoms with Gasteiger partial charge in [0.15, 0.2) is 5.58 Å². The second-order valence-corrected chi connectivity index (χ2v) is 6.47. The number of halogens is 1. The van der Waals surface area contributed by atoms with E-state index < -0.39 is 0 Å². The van der Waals surface area contributed by atoms with Crippen LogP contribution in [0.2, 0.25) is 5.02 Å². The molecule has 0 saturated carbocycles. The summed E-state index contributed by atoms with van der Waals surface area (Å²) in [5.41, 5.74) is 2.51. The number of para-hydroxylation sites is 2. The summed E-state index contributed by atoms with van der Waals surface area (Å²) in [5.74, 6) is 0.522. The summed E-state index contributed by atoms with van der Waals surface area (Å²) < 4.78 is 12.3. The van der Waals surface area contributed by atoms with Crippen LogP contribution in [-0.2, 0) is 13.1 Å². The summed E-state index contributed by atoms with van der Waals surface area (Å²) in [4.78, 5) is 14.2. The van der Waals surface area contributed by atoms with Gasteiger partial charge >= 0.3 is 5.76 Å². The van der Waals surface area contributed by atoms with Crippen molar-refractivity contribution in [2.24, 2.45) is 0 Å². The fraction of sp³-hybridized carbons (Fsp3) is 0.316. The zero-order valence-electron chi connectivity index (χ0n) is 14.4. The largest absolute Gasteiger partial charge is 0.496 e. The minimum atomic E-state index is -0.305. The summed E-state index contributed by atoms with van der Waals surface area (Å²) in [7, 11) is 3.69. The smallest absolute Gasteiger partial charge is 0.419 e. The molecule has 25 heavy (non-hydrogen) atoms. The molecule has 0 aliphatic rings. The lowest BCUT2D eigenvalue weighted by Gasteiger charge is -2.18. The molecule has 3 aromatic rings. The van der Waals surface area contributed by atoms with E-state index in [2.05, 4.69) is 4.90 Å². The third-order valence-corrected chi connectivity index (χ3v) is 4.41. The number of ether oxygens (including phenoxy) is 1. The van der Waals surface area contributed by atoms with E-state index in [0.29, 0.717) is 17.2 Å². The fourth-order valence-electron chi connectivity index (χ4n) is 2.97. The molecule has 0 aliphatic heterocycles. The molecule has 0 spiro atoms. The van der Waals surface area contributed by atoms with Gasteiger partial charge < -0.3 is 14.1 Å². The summed E-state index contributed by atoms with van der Waals surface area (Å²) in [6, 6.07) is 13.1. The molecule has 0 aliphatic carbocycles. The van der Waals surface area contributed by atoms with Crippen LogP contribution in [0.5, 0.6) is 5.75 Å². The highest BCUT2D eigenvalue weighted by atomic mass is 35.5. The predicted molar refractivity (Wildman–Crippen MR) is 99.4 cm³/mol. The molecule has 0 bridgehead atoms. The maximum Gasteiger partial charge on any atom is 0.419 e. The molecule has 0 atom stereocenters. The van der Waals surface area contributed by atoms with Crippen LogP contribution in [0.15, 0.2) is 51.7 Å². The van der Waals surface area contributed by atoms with Crippen molar-refractivity contribution < 1.29 is 9.15 Å². The van der Waals surface area contributed by atoms with E-state index in [1.807, 2.05) is 49.5 Å². The van der Waals surface area contributed by atoms with Gasteiger partial charge in [0, 0.05) is 23.7 Å². The summed E-state index contributed by atoms with van der Waals surface area (Å²) in [6.07, 6.45) is 0.836. The minimum Gasteiger partial charge on any atom is -0.496 e. The van der Waals surface area contributed by atoms with Crippen molar-refractivity contribution in [3.8, 4) is 5.75 Å². The topological polar surface area (TPSA) is 47.6 Å². The van der Waals surface area contributed by atoms with Gasteiger partial charge in [-0.1, -0.05) is 23.7 Å². The molecule has 1 heterocycles. The van der Waals surface area contributed by atoms with E-state index in [1.165, 1.54) is 0 Å². The highest BCUT2D eigenvalue weighted by Gasteiger charge is 2.10. The van der Waals surface area contributed by atoms with Crippen LogP contribution in [0, 0.1) is 0 Å². The lowest BCUT2D eigenvalue weighted by molar-refractivity contribution is 0.305. The Morgan fingerprint density at radius 3 is 2.84 bits per heavy atom. The van der Waals surface area contributed by atoms with Crippen molar-refractivity contribution >= 4 is 22.7 Å². The maximum absolute atomic E-state index is 12.0. The molecule has 1 aromatic heterocycles. The van der Waals surface area contributed by atoms with Gasteiger partial charge in [0.25, 0.3) is 0 Å². The molecule has 0 saturated heterocycles. The van der Waals surface area contributed by atoms with E-state index >= 15 is 0 Å². The quantitative estimate of drug-likeness (QED) is 0.643. The van der Waals surface area contributed by atoms with E-state index in [-0.39, 0.29) is 5.76 Å². The van der Waals surface area contributed by atoms with Gasteiger partial charge in [-0.25, -0.2) is 4.79 Å². The Kier molecular flexibility index (Phi) is 5.46. The molecule has 2 aromatic carbocycles. The number of hydrogen-bond donors (Lipinski definition) is 0. The zero-order chi connectivity index (χ0) is 17.8. The van der Waals surface area contributed by atoms with Gasteiger partial charge in [0.2, 0.25) is 0 Å². The van der Waals surface area contributed by atoms with E-state index in [9.17, 15) is 4.79 Å². The second kappa shape index (κ2) is 7.76. The number of nitrogens with zero attached hydrogens (tertiary/aromatic N) is 2. The van der Waals surface area contributed by atoms with Gasteiger partial charge in [-0.3, -0.25) is 4.57 Å². The molecule has 5 nitrogen and oxygen atoms in total. The van der Waals surface area contributed by atoms with Crippen LogP contribution in [0.1, 0.15) is 12.0 Å². The third kappa shape index (κ3) is 4.06. The Morgan fingerprint density at radius 1 is 1.24 bits per heavy atom. The first-order valence-electron chi connectivity index (χ1n) is 8.18. The lowest BCUT2D eigenvalue weighted by atomic mass is 10.2. The second-order valence-electron chi connectivity index (χ2n) is 6.03. The number of aromatic nitrogens is 1. The Balaban J connectivity index is 1.61. The average Bonchev–Trinajstić information content (AvgIpc) is 2.91. The van der Waals surface area contributed by atoms with Crippen molar-refractivity contribution in [1.29, 1.82) is 0 Å². The summed E-state index contributed by atoms with van der Waals surface area (Å²) in [6.45, 7) is 2.18. The highest BCUT2D eigenvalue weighted by molar-refractivity contribution is 6.30. The monoisotopic (exact) mass is 360 g/mol. The number of fused-ring (bicyclic) bond motifs is 1. The number of oxazole rings is 1. The molecule has 0 fully saturated rings. The molecule has 3 rings (SSSR count). The van der Waals surface area contributed by atoms with Crippen molar-refractivity contribution in [1.82, 2.24) is 9.47 Å². The molecule has 0 N–H and O–H groups in total. The van der Waals surface area contributed by atoms with Crippen LogP contribution in [0.25, 0.3) is 11.1 Å². The predicted octanol–water partition coefficient (Wildman–Crippen LogP) is 3.78. The van der Waals surface area contributed by atoms with Crippen LogP contribution >= 0.6 is 11.6 Å². The van der Waals surface area contributed by atoms with Crippen LogP contribution in [0.4, 0.5) is 0 Å². The third-order valence-electron chi connectivity index (χ3n) is 4.18. The lowest BCUT2D eigenvalue weighted by Crippen LogP contribution is -2.22. The van der Waals surface area contributed by atoms with Gasteiger partial charge in [-0.2, -0.15) is 0 Å². The van der Waals surface area contributed by atoms with Crippen molar-refractivity contribution in [3.63, 3.8) is 0 Å². The number of benzene rings is 2. The van der Waals surface area contributed by atoms with Gasteiger partial charge in [-0.05, 0) is 50.3 Å². The molecule has 6 heteroatoms. The highest BCUT2D eigenvalue weighted by Crippen LogP contribution is 2.23. The first kappa shape index (κ1) is 17.6. The Hall–Kier alpha value is -2.24. The van der Waals surface area contributed by atoms with E-state index in [4.69, 9.17) is 20.8 Å². The molecule has 0 amide bonds. The molecule has 132 valence electrons. The Morgan fingerprint density at radius 2 is 2.04 bits per heavy atom. The molecule has 0 unspecified atom stereocenters. The normalized spacial score (nSPS) is 11.4. The van der Waals surface area contributed by atoms with Gasteiger partial charge in [0.05, 0.1) is 12.6 Å². The first-order chi connectivity index (χ1) is 12.1. The van der Waals surface area contributed by atoms with Crippen LogP contribution in [-0.4, -0.2) is 30.2 Å². The van der Waals surface area contributed by atoms with Crippen LogP contribution < -0.4 is 10.5 Å². The Labute approximate surface area is 151 Å². The Bertz CT molecular complexity index is 916.